The molecule has 39 heavy (non-hydrogen) atoms. The van der Waals surface area contributed by atoms with E-state index in [1.165, 1.54) is 6.42 Å². The Morgan fingerprint density at radius 1 is 1.15 bits per heavy atom. The molecule has 1 saturated carbocycles. The van der Waals surface area contributed by atoms with E-state index in [-0.39, 0.29) is 17.4 Å². The molecule has 6 rings (SSSR count). The highest BCUT2D eigenvalue weighted by Gasteiger charge is 2.56. The van der Waals surface area contributed by atoms with Crippen LogP contribution in [-0.2, 0) is 16.8 Å². The summed E-state index contributed by atoms with van der Waals surface area (Å²) < 4.78 is 17.4. The fraction of sp³-hybridized carbons (Fsp3) is 0.414. The molecule has 2 aromatic carbocycles. The number of anilines is 1. The zero-order chi connectivity index (χ0) is 26.9. The van der Waals surface area contributed by atoms with Gasteiger partial charge in [0.25, 0.3) is 5.91 Å². The molecule has 2 N–H and O–H groups in total. The van der Waals surface area contributed by atoms with E-state index in [1.807, 2.05) is 53.9 Å². The number of benzene rings is 2. The molecule has 204 valence electrons. The monoisotopic (exact) mass is 564 g/mol. The van der Waals surface area contributed by atoms with E-state index in [2.05, 4.69) is 10.6 Å². The number of carbonyl (C=O) groups is 1. The number of rotatable bonds is 7. The Balaban J connectivity index is 1.25. The number of hydrogen-bond acceptors (Lipinski definition) is 9. The van der Waals surface area contributed by atoms with Crippen molar-refractivity contribution in [3.63, 3.8) is 0 Å². The van der Waals surface area contributed by atoms with Crippen LogP contribution in [0.25, 0.3) is 0 Å². The number of aromatic nitrogens is 1. The van der Waals surface area contributed by atoms with E-state index in [0.717, 1.165) is 52.9 Å². The molecule has 10 heteroatoms. The summed E-state index contributed by atoms with van der Waals surface area (Å²) in [6.45, 7) is 1.03. The number of thiazole rings is 1. The van der Waals surface area contributed by atoms with E-state index in [0.29, 0.717) is 23.9 Å². The van der Waals surface area contributed by atoms with Gasteiger partial charge in [0.05, 0.1) is 26.4 Å². The molecule has 1 aromatic heterocycles. The van der Waals surface area contributed by atoms with Crippen LogP contribution in [0.5, 0.6) is 11.5 Å². The zero-order valence-electron chi connectivity index (χ0n) is 22.1. The second-order valence-electron chi connectivity index (χ2n) is 10.3. The maximum absolute atomic E-state index is 12.9. The van der Waals surface area contributed by atoms with Gasteiger partial charge in [-0.05, 0) is 49.9 Å². The average molecular weight is 565 g/mol. The SMILES string of the molecule is COc1ccc(CNc2csc([C@@]34COC5(CCC5)C[C@@H]3CSC(NC(=O)c3ccccc3)=N4)n2)c(OC)c1. The third-order valence-electron chi connectivity index (χ3n) is 7.96. The molecule has 0 radical (unpaired) electrons. The van der Waals surface area contributed by atoms with Gasteiger partial charge in [-0.15, -0.1) is 11.3 Å². The van der Waals surface area contributed by atoms with Crippen LogP contribution in [0.1, 0.15) is 46.6 Å². The van der Waals surface area contributed by atoms with Gasteiger partial charge in [0, 0.05) is 40.8 Å². The Morgan fingerprint density at radius 3 is 2.74 bits per heavy atom. The van der Waals surface area contributed by atoms with E-state index >= 15 is 0 Å². The second-order valence-corrected chi connectivity index (χ2v) is 12.1. The number of fused-ring (bicyclic) bond motifs is 1. The van der Waals surface area contributed by atoms with Crippen LogP contribution in [-0.4, -0.2) is 48.2 Å². The summed E-state index contributed by atoms with van der Waals surface area (Å²) in [5, 5.41) is 10.1. The number of aliphatic imine (C=N–C) groups is 1. The van der Waals surface area contributed by atoms with E-state index in [1.54, 1.807) is 37.3 Å². The lowest BCUT2D eigenvalue weighted by Gasteiger charge is -2.54. The van der Waals surface area contributed by atoms with Gasteiger partial charge in [-0.2, -0.15) is 0 Å². The highest BCUT2D eigenvalue weighted by molar-refractivity contribution is 8.13. The topological polar surface area (TPSA) is 94.1 Å². The third kappa shape index (κ3) is 5.13. The Labute approximate surface area is 236 Å². The number of amides is 1. The van der Waals surface area contributed by atoms with Gasteiger partial charge >= 0.3 is 0 Å². The van der Waals surface area contributed by atoms with Gasteiger partial charge < -0.3 is 24.8 Å². The van der Waals surface area contributed by atoms with Crippen LogP contribution in [0.3, 0.4) is 0 Å². The van der Waals surface area contributed by atoms with Crippen LogP contribution in [0, 0.1) is 5.92 Å². The first-order chi connectivity index (χ1) is 19.0. The number of methoxy groups -OCH3 is 2. The number of carbonyl (C=O) groups excluding carboxylic acids is 1. The minimum atomic E-state index is -0.617. The molecule has 2 atom stereocenters. The number of nitrogens with one attached hydrogen (secondary N) is 2. The van der Waals surface area contributed by atoms with Gasteiger partial charge in [0.2, 0.25) is 0 Å². The fourth-order valence-electron chi connectivity index (χ4n) is 5.54. The summed E-state index contributed by atoms with van der Waals surface area (Å²) in [4.78, 5) is 23.1. The Morgan fingerprint density at radius 2 is 2.00 bits per heavy atom. The first-order valence-corrected chi connectivity index (χ1v) is 15.0. The molecule has 3 aromatic rings. The predicted molar refractivity (Wildman–Crippen MR) is 155 cm³/mol. The predicted octanol–water partition coefficient (Wildman–Crippen LogP) is 5.46. The molecule has 1 aliphatic carbocycles. The van der Waals surface area contributed by atoms with E-state index in [4.69, 9.17) is 24.2 Å². The summed E-state index contributed by atoms with van der Waals surface area (Å²) in [6.07, 6.45) is 4.41. The van der Waals surface area contributed by atoms with Crippen molar-refractivity contribution >= 4 is 40.0 Å². The molecule has 0 unspecified atom stereocenters. The summed E-state index contributed by atoms with van der Waals surface area (Å²) in [5.41, 5.74) is 0.987. The summed E-state index contributed by atoms with van der Waals surface area (Å²) >= 11 is 3.21. The fourth-order valence-corrected chi connectivity index (χ4v) is 7.67. The van der Waals surface area contributed by atoms with Crippen molar-refractivity contribution < 1.29 is 19.0 Å². The molecule has 1 saturated heterocycles. The summed E-state index contributed by atoms with van der Waals surface area (Å²) in [7, 11) is 3.30. The van der Waals surface area contributed by atoms with Crippen LogP contribution in [0.15, 0.2) is 58.9 Å². The molecule has 2 aliphatic heterocycles. The summed E-state index contributed by atoms with van der Waals surface area (Å²) in [5.74, 6) is 3.29. The van der Waals surface area contributed by atoms with Crippen molar-refractivity contribution in [3.05, 3.63) is 70.0 Å². The second kappa shape index (κ2) is 10.8. The first kappa shape index (κ1) is 26.2. The van der Waals surface area contributed by atoms with Crippen molar-refractivity contribution in [3.8, 4) is 11.5 Å². The quantitative estimate of drug-likeness (QED) is 0.394. The maximum atomic E-state index is 12.9. The Bertz CT molecular complexity index is 1370. The van der Waals surface area contributed by atoms with E-state index in [9.17, 15) is 4.79 Å². The maximum Gasteiger partial charge on any atom is 0.257 e. The molecular formula is C29H32N4O4S2. The number of ether oxygens (including phenoxy) is 3. The van der Waals surface area contributed by atoms with Crippen molar-refractivity contribution in [1.29, 1.82) is 0 Å². The molecule has 0 bridgehead atoms. The van der Waals surface area contributed by atoms with Crippen LogP contribution < -0.4 is 20.1 Å². The Kier molecular flexibility index (Phi) is 7.26. The highest BCUT2D eigenvalue weighted by atomic mass is 32.2. The first-order valence-electron chi connectivity index (χ1n) is 13.2. The molecule has 1 spiro atoms. The van der Waals surface area contributed by atoms with Gasteiger partial charge in [-0.25, -0.2) is 9.98 Å². The van der Waals surface area contributed by atoms with Crippen molar-refractivity contribution in [2.45, 2.75) is 43.4 Å². The van der Waals surface area contributed by atoms with Gasteiger partial charge in [0.1, 0.15) is 27.9 Å². The highest BCUT2D eigenvalue weighted by Crippen LogP contribution is 2.54. The lowest BCUT2D eigenvalue weighted by molar-refractivity contribution is -0.169. The third-order valence-corrected chi connectivity index (χ3v) is 10.0. The number of nitrogens with zero attached hydrogens (tertiary/aromatic N) is 2. The molecule has 3 aliphatic rings. The van der Waals surface area contributed by atoms with Gasteiger partial charge in [-0.3, -0.25) is 4.79 Å². The van der Waals surface area contributed by atoms with Gasteiger partial charge in [-0.1, -0.05) is 30.0 Å². The normalized spacial score (nSPS) is 23.2. The minimum Gasteiger partial charge on any atom is -0.497 e. The van der Waals surface area contributed by atoms with Crippen molar-refractivity contribution in [2.75, 3.05) is 31.9 Å². The molecule has 1 amide bonds. The molecule has 8 nitrogen and oxygen atoms in total. The van der Waals surface area contributed by atoms with Crippen molar-refractivity contribution in [1.82, 2.24) is 10.3 Å². The lowest BCUT2D eigenvalue weighted by Crippen LogP contribution is -2.57. The standard InChI is InChI=1S/C29H32N4O4S2/c1-35-22-10-9-20(23(13-22)36-2)15-30-24-17-38-26(31-24)29-18-37-28(11-6-12-28)14-21(29)16-39-27(33-29)32-25(34)19-7-4-3-5-8-19/h3-5,7-10,13,17,21,30H,6,11-12,14-16,18H2,1-2H3,(H,32,33,34)/t21-,29-/m1/s1. The van der Waals surface area contributed by atoms with Crippen LogP contribution >= 0.6 is 23.1 Å². The molecular weight excluding hydrogens is 532 g/mol. The van der Waals surface area contributed by atoms with Gasteiger partial charge in [0.15, 0.2) is 5.17 Å². The van der Waals surface area contributed by atoms with Crippen molar-refractivity contribution in [2.24, 2.45) is 10.9 Å². The summed E-state index contributed by atoms with van der Waals surface area (Å²) in [6, 6.07) is 15.0. The number of hydrogen-bond donors (Lipinski definition) is 2. The minimum absolute atomic E-state index is 0.0156. The van der Waals surface area contributed by atoms with Crippen LogP contribution in [0.4, 0.5) is 5.82 Å². The van der Waals surface area contributed by atoms with Crippen LogP contribution in [0.2, 0.25) is 0 Å². The number of amidine groups is 1. The smallest absolute Gasteiger partial charge is 0.257 e. The molecule has 3 heterocycles. The van der Waals surface area contributed by atoms with E-state index < -0.39 is 5.54 Å². The largest absolute Gasteiger partial charge is 0.497 e. The Hall–Kier alpha value is -3.08. The zero-order valence-corrected chi connectivity index (χ0v) is 23.7. The lowest BCUT2D eigenvalue weighted by atomic mass is 9.67. The average Bonchev–Trinajstić information content (AvgIpc) is 3.45. The molecule has 2 fully saturated rings. The number of thioether (sulfide) groups is 1.